The number of hydrogen-bond donors (Lipinski definition) is 0. The van der Waals surface area contributed by atoms with Crippen LogP contribution in [0.3, 0.4) is 0 Å². The summed E-state index contributed by atoms with van der Waals surface area (Å²) in [4.78, 5) is 15.0. The van der Waals surface area contributed by atoms with Crippen LogP contribution in [0.5, 0.6) is 0 Å². The Morgan fingerprint density at radius 2 is 1.78 bits per heavy atom. The van der Waals surface area contributed by atoms with E-state index in [0.29, 0.717) is 16.1 Å². The quantitative estimate of drug-likeness (QED) is 0.869. The van der Waals surface area contributed by atoms with E-state index >= 15 is 0 Å². The maximum Gasteiger partial charge on any atom is 0.230 e. The second-order valence-corrected chi connectivity index (χ2v) is 5.37. The molecule has 0 aliphatic heterocycles. The molecule has 0 fully saturated rings. The molecule has 0 N–H and O–H groups in total. The van der Waals surface area contributed by atoms with Crippen LogP contribution in [-0.2, 0) is 0 Å². The summed E-state index contributed by atoms with van der Waals surface area (Å²) in [5.41, 5.74) is 0. The predicted molar refractivity (Wildman–Crippen MR) is 74.7 cm³/mol. The Labute approximate surface area is 119 Å². The van der Waals surface area contributed by atoms with Crippen molar-refractivity contribution in [3.63, 3.8) is 0 Å². The first-order valence-electron chi connectivity index (χ1n) is 5.07. The summed E-state index contributed by atoms with van der Waals surface area (Å²) in [7, 11) is 3.69. The van der Waals surface area contributed by atoms with Crippen molar-refractivity contribution in [2.75, 3.05) is 19.0 Å². The van der Waals surface area contributed by atoms with Gasteiger partial charge in [-0.05, 0) is 35.5 Å². The third-order valence-electron chi connectivity index (χ3n) is 2.01. The van der Waals surface area contributed by atoms with Crippen molar-refractivity contribution < 1.29 is 0 Å². The molecule has 0 radical (unpaired) electrons. The van der Waals surface area contributed by atoms with E-state index < -0.39 is 0 Å². The van der Waals surface area contributed by atoms with E-state index in [1.54, 1.807) is 4.90 Å². The normalized spacial score (nSPS) is 10.4. The number of rotatable bonds is 3. The minimum Gasteiger partial charge on any atom is -0.347 e. The van der Waals surface area contributed by atoms with Crippen molar-refractivity contribution in [2.45, 2.75) is 10.1 Å². The zero-order valence-electron chi connectivity index (χ0n) is 9.76. The molecule has 0 bridgehead atoms. The minimum absolute atomic E-state index is 0.170. The van der Waals surface area contributed by atoms with Gasteiger partial charge in [-0.3, -0.25) is 0 Å². The molecule has 0 spiro atoms. The number of aromatic nitrogens is 3. The molecule has 0 unspecified atom stereocenters. The molecule has 2 rings (SSSR count). The number of nitrogens with zero attached hydrogens (tertiary/aromatic N) is 4. The van der Waals surface area contributed by atoms with Crippen molar-refractivity contribution in [3.8, 4) is 0 Å². The van der Waals surface area contributed by atoms with Crippen LogP contribution in [0.1, 0.15) is 0 Å². The second-order valence-electron chi connectivity index (χ2n) is 3.61. The van der Waals surface area contributed by atoms with Gasteiger partial charge in [0.1, 0.15) is 0 Å². The molecule has 0 saturated heterocycles. The van der Waals surface area contributed by atoms with Gasteiger partial charge in [0.2, 0.25) is 11.2 Å². The van der Waals surface area contributed by atoms with E-state index in [2.05, 4.69) is 15.0 Å². The van der Waals surface area contributed by atoms with E-state index in [1.807, 2.05) is 38.4 Å². The van der Waals surface area contributed by atoms with Crippen molar-refractivity contribution in [1.82, 2.24) is 15.0 Å². The van der Waals surface area contributed by atoms with Gasteiger partial charge in [0, 0.05) is 19.0 Å². The molecular formula is C11H10Cl2N4S. The van der Waals surface area contributed by atoms with E-state index in [1.165, 1.54) is 11.8 Å². The van der Waals surface area contributed by atoms with Gasteiger partial charge in [0.25, 0.3) is 0 Å². The zero-order valence-corrected chi connectivity index (χ0v) is 12.1. The molecule has 0 saturated carbocycles. The first-order valence-corrected chi connectivity index (χ1v) is 6.65. The van der Waals surface area contributed by atoms with E-state index in [4.69, 9.17) is 23.2 Å². The molecule has 0 aliphatic carbocycles. The van der Waals surface area contributed by atoms with E-state index in [-0.39, 0.29) is 5.28 Å². The van der Waals surface area contributed by atoms with Gasteiger partial charge < -0.3 is 4.90 Å². The Balaban J connectivity index is 2.32. The van der Waals surface area contributed by atoms with Crippen LogP contribution < -0.4 is 4.90 Å². The van der Waals surface area contributed by atoms with Crippen LogP contribution in [0.2, 0.25) is 10.3 Å². The summed E-state index contributed by atoms with van der Waals surface area (Å²) in [5.74, 6) is 0.518. The van der Waals surface area contributed by atoms with Gasteiger partial charge >= 0.3 is 0 Å². The molecule has 7 heteroatoms. The summed E-state index contributed by atoms with van der Waals surface area (Å²) in [6.07, 6.45) is 0. The lowest BCUT2D eigenvalue weighted by Crippen LogP contribution is -2.13. The van der Waals surface area contributed by atoms with Crippen molar-refractivity contribution >= 4 is 40.9 Å². The summed E-state index contributed by atoms with van der Waals surface area (Å²) >= 11 is 13.3. The fraction of sp³-hybridized carbons (Fsp3) is 0.182. The monoisotopic (exact) mass is 300 g/mol. The highest BCUT2D eigenvalue weighted by atomic mass is 35.5. The molecular weight excluding hydrogens is 291 g/mol. The van der Waals surface area contributed by atoms with Crippen molar-refractivity contribution in [1.29, 1.82) is 0 Å². The number of hydrogen-bond acceptors (Lipinski definition) is 5. The molecule has 0 atom stereocenters. The third-order valence-corrected chi connectivity index (χ3v) is 3.57. The average molecular weight is 301 g/mol. The topological polar surface area (TPSA) is 41.9 Å². The first-order chi connectivity index (χ1) is 8.56. The van der Waals surface area contributed by atoms with Crippen LogP contribution in [0.4, 0.5) is 5.95 Å². The lowest BCUT2D eigenvalue weighted by molar-refractivity contribution is 0.866. The summed E-state index contributed by atoms with van der Waals surface area (Å²) in [6, 6.07) is 7.50. The Hall–Kier alpha value is -1.04. The number of anilines is 1. The van der Waals surface area contributed by atoms with Gasteiger partial charge in [-0.2, -0.15) is 15.0 Å². The highest BCUT2D eigenvalue weighted by molar-refractivity contribution is 7.99. The average Bonchev–Trinajstić information content (AvgIpc) is 2.31. The Morgan fingerprint density at radius 1 is 1.06 bits per heavy atom. The molecule has 1 aromatic carbocycles. The molecule has 0 aliphatic rings. The first kappa shape index (κ1) is 13.4. The number of benzene rings is 1. The maximum atomic E-state index is 6.08. The van der Waals surface area contributed by atoms with Gasteiger partial charge in [-0.25, -0.2) is 0 Å². The summed E-state index contributed by atoms with van der Waals surface area (Å²) < 4.78 is 0. The standard InChI is InChI=1S/C11H10Cl2N4S/c1-17(2)10-14-9(13)15-11(16-10)18-8-6-4-3-5-7(8)12/h3-6H,1-2H3. The molecule has 4 nitrogen and oxygen atoms in total. The van der Waals surface area contributed by atoms with Crippen molar-refractivity contribution in [2.24, 2.45) is 0 Å². The van der Waals surface area contributed by atoms with Gasteiger partial charge in [-0.15, -0.1) is 0 Å². The maximum absolute atomic E-state index is 6.08. The lowest BCUT2D eigenvalue weighted by Gasteiger charge is -2.10. The van der Waals surface area contributed by atoms with Crippen LogP contribution in [-0.4, -0.2) is 29.0 Å². The third kappa shape index (κ3) is 3.25. The Bertz CT molecular complexity index is 562. The fourth-order valence-corrected chi connectivity index (χ4v) is 2.42. The van der Waals surface area contributed by atoms with Crippen LogP contribution in [0.25, 0.3) is 0 Å². The predicted octanol–water partition coefficient (Wildman–Crippen LogP) is 3.40. The minimum atomic E-state index is 0.170. The van der Waals surface area contributed by atoms with Crippen molar-refractivity contribution in [3.05, 3.63) is 34.6 Å². The molecule has 18 heavy (non-hydrogen) atoms. The lowest BCUT2D eigenvalue weighted by atomic mass is 10.4. The van der Waals surface area contributed by atoms with E-state index in [9.17, 15) is 0 Å². The highest BCUT2D eigenvalue weighted by Gasteiger charge is 2.09. The summed E-state index contributed by atoms with van der Waals surface area (Å²) in [6.45, 7) is 0. The molecule has 1 aromatic heterocycles. The van der Waals surface area contributed by atoms with Crippen LogP contribution in [0, 0.1) is 0 Å². The SMILES string of the molecule is CN(C)c1nc(Cl)nc(Sc2ccccc2Cl)n1. The smallest absolute Gasteiger partial charge is 0.230 e. The molecule has 1 heterocycles. The number of halogens is 2. The molecule has 2 aromatic rings. The van der Waals surface area contributed by atoms with Gasteiger partial charge in [-0.1, -0.05) is 23.7 Å². The molecule has 0 amide bonds. The van der Waals surface area contributed by atoms with Crippen LogP contribution >= 0.6 is 35.0 Å². The Kier molecular flexibility index (Phi) is 4.27. The Morgan fingerprint density at radius 3 is 2.44 bits per heavy atom. The van der Waals surface area contributed by atoms with E-state index in [0.717, 1.165) is 4.90 Å². The fourth-order valence-electron chi connectivity index (χ4n) is 1.19. The zero-order chi connectivity index (χ0) is 13.1. The molecule has 94 valence electrons. The highest BCUT2D eigenvalue weighted by Crippen LogP contribution is 2.31. The van der Waals surface area contributed by atoms with Gasteiger partial charge in [0.05, 0.1) is 5.02 Å². The largest absolute Gasteiger partial charge is 0.347 e. The summed E-state index contributed by atoms with van der Waals surface area (Å²) in [5, 5.41) is 1.35. The second kappa shape index (κ2) is 5.73. The van der Waals surface area contributed by atoms with Gasteiger partial charge in [0.15, 0.2) is 5.16 Å². The van der Waals surface area contributed by atoms with Crippen LogP contribution in [0.15, 0.2) is 34.3 Å².